The van der Waals surface area contributed by atoms with Crippen molar-refractivity contribution in [3.8, 4) is 0 Å². The lowest BCUT2D eigenvalue weighted by atomic mass is 9.79. The number of ether oxygens (including phenoxy) is 1. The van der Waals surface area contributed by atoms with E-state index in [1.54, 1.807) is 0 Å². The number of hydrogen-bond acceptors (Lipinski definition) is 4. The molecule has 1 aromatic rings. The molecule has 0 bridgehead atoms. The minimum Gasteiger partial charge on any atom is -0.374 e. The second-order valence-corrected chi connectivity index (χ2v) is 9.39. The monoisotopic (exact) mass is 362 g/mol. The Balaban J connectivity index is 1.45. The molecular weight excluding hydrogens is 328 g/mol. The van der Waals surface area contributed by atoms with Gasteiger partial charge in [0.05, 0.1) is 6.10 Å². The first-order valence-corrected chi connectivity index (χ1v) is 10.9. The van der Waals surface area contributed by atoms with Gasteiger partial charge in [0.15, 0.2) is 0 Å². The van der Waals surface area contributed by atoms with E-state index >= 15 is 0 Å². The van der Waals surface area contributed by atoms with E-state index in [0.717, 1.165) is 19.4 Å². The third kappa shape index (κ3) is 5.72. The van der Waals surface area contributed by atoms with E-state index in [4.69, 9.17) is 10.5 Å². The number of hydrogen-bond donors (Lipinski definition) is 1. The second-order valence-electron chi connectivity index (χ2n) is 8.22. The van der Waals surface area contributed by atoms with Crippen LogP contribution in [0.4, 0.5) is 0 Å². The van der Waals surface area contributed by atoms with Gasteiger partial charge in [0.2, 0.25) is 0 Å². The van der Waals surface area contributed by atoms with Crippen LogP contribution in [0.5, 0.6) is 0 Å². The summed E-state index contributed by atoms with van der Waals surface area (Å²) in [5.41, 5.74) is 7.51. The SMILES string of the molecule is CC(C)(N)C1CCOC(c2ccc(SCCCN3CCCC3)cc2)C1. The topological polar surface area (TPSA) is 38.5 Å². The number of nitrogens with two attached hydrogens (primary N) is 1. The molecule has 0 radical (unpaired) electrons. The Kier molecular flexibility index (Phi) is 6.84. The molecule has 0 saturated carbocycles. The molecule has 2 N–H and O–H groups in total. The van der Waals surface area contributed by atoms with Crippen molar-refractivity contribution in [1.29, 1.82) is 0 Å². The predicted molar refractivity (Wildman–Crippen MR) is 107 cm³/mol. The molecule has 0 amide bonds. The highest BCUT2D eigenvalue weighted by atomic mass is 32.2. The summed E-state index contributed by atoms with van der Waals surface area (Å²) in [5.74, 6) is 1.74. The average molecular weight is 363 g/mol. The van der Waals surface area contributed by atoms with Gasteiger partial charge in [-0.15, -0.1) is 11.8 Å². The number of benzene rings is 1. The van der Waals surface area contributed by atoms with E-state index in [2.05, 4.69) is 43.0 Å². The fourth-order valence-corrected chi connectivity index (χ4v) is 4.81. The van der Waals surface area contributed by atoms with Crippen LogP contribution in [0.1, 0.15) is 57.6 Å². The van der Waals surface area contributed by atoms with Crippen molar-refractivity contribution < 1.29 is 4.74 Å². The van der Waals surface area contributed by atoms with Crippen LogP contribution >= 0.6 is 11.8 Å². The van der Waals surface area contributed by atoms with Crippen molar-refractivity contribution in [3.05, 3.63) is 29.8 Å². The number of thioether (sulfide) groups is 1. The van der Waals surface area contributed by atoms with Crippen molar-refractivity contribution in [2.45, 2.75) is 62.5 Å². The van der Waals surface area contributed by atoms with E-state index < -0.39 is 0 Å². The summed E-state index contributed by atoms with van der Waals surface area (Å²) in [7, 11) is 0. The summed E-state index contributed by atoms with van der Waals surface area (Å²) in [5, 5.41) is 0. The van der Waals surface area contributed by atoms with Gasteiger partial charge in [0.1, 0.15) is 0 Å². The Morgan fingerprint density at radius 3 is 2.60 bits per heavy atom. The first kappa shape index (κ1) is 19.2. The third-order valence-electron chi connectivity index (χ3n) is 5.67. The minimum absolute atomic E-state index is 0.118. The molecule has 0 spiro atoms. The van der Waals surface area contributed by atoms with Crippen LogP contribution in [0.15, 0.2) is 29.2 Å². The standard InChI is InChI=1S/C21H34N2OS/c1-21(2,22)18-10-14-24-20(16-18)17-6-8-19(9-7-17)25-15-5-13-23-11-3-4-12-23/h6-9,18,20H,3-5,10-16,22H2,1-2H3. The van der Waals surface area contributed by atoms with Gasteiger partial charge in [0.25, 0.3) is 0 Å². The lowest BCUT2D eigenvalue weighted by Gasteiger charge is -2.37. The van der Waals surface area contributed by atoms with Gasteiger partial charge in [-0.25, -0.2) is 0 Å². The molecular formula is C21H34N2OS. The van der Waals surface area contributed by atoms with Crippen molar-refractivity contribution in [2.75, 3.05) is 32.0 Å². The van der Waals surface area contributed by atoms with Crippen LogP contribution < -0.4 is 5.73 Å². The molecule has 1 aromatic carbocycles. The van der Waals surface area contributed by atoms with Gasteiger partial charge in [-0.1, -0.05) is 12.1 Å². The fourth-order valence-electron chi connectivity index (χ4n) is 3.97. The molecule has 2 atom stereocenters. The molecule has 2 heterocycles. The summed E-state index contributed by atoms with van der Waals surface area (Å²) in [6.45, 7) is 8.98. The van der Waals surface area contributed by atoms with E-state index in [0.29, 0.717) is 5.92 Å². The summed E-state index contributed by atoms with van der Waals surface area (Å²) in [6.07, 6.45) is 6.37. The van der Waals surface area contributed by atoms with Crippen LogP contribution in [0, 0.1) is 5.92 Å². The maximum atomic E-state index is 6.33. The first-order valence-electron chi connectivity index (χ1n) is 9.88. The molecule has 2 fully saturated rings. The molecule has 25 heavy (non-hydrogen) atoms. The van der Waals surface area contributed by atoms with Crippen LogP contribution in [0.25, 0.3) is 0 Å². The van der Waals surface area contributed by atoms with Gasteiger partial charge in [-0.3, -0.25) is 0 Å². The zero-order valence-electron chi connectivity index (χ0n) is 15.9. The van der Waals surface area contributed by atoms with Crippen molar-refractivity contribution >= 4 is 11.8 Å². The van der Waals surface area contributed by atoms with Crippen LogP contribution in [0.3, 0.4) is 0 Å². The lowest BCUT2D eigenvalue weighted by Crippen LogP contribution is -2.44. The van der Waals surface area contributed by atoms with Crippen LogP contribution in [-0.4, -0.2) is 42.4 Å². The number of likely N-dealkylation sites (tertiary alicyclic amines) is 1. The molecule has 3 nitrogen and oxygen atoms in total. The molecule has 2 saturated heterocycles. The Morgan fingerprint density at radius 2 is 1.92 bits per heavy atom. The smallest absolute Gasteiger partial charge is 0.0828 e. The first-order chi connectivity index (χ1) is 12.0. The second kappa shape index (κ2) is 8.90. The highest BCUT2D eigenvalue weighted by molar-refractivity contribution is 7.99. The summed E-state index contributed by atoms with van der Waals surface area (Å²) < 4.78 is 6.02. The van der Waals surface area contributed by atoms with Crippen molar-refractivity contribution in [2.24, 2.45) is 11.7 Å². The zero-order chi connectivity index (χ0) is 17.7. The maximum absolute atomic E-state index is 6.33. The van der Waals surface area contributed by atoms with Gasteiger partial charge >= 0.3 is 0 Å². The predicted octanol–water partition coefficient (Wildman–Crippen LogP) is 4.47. The Labute approximate surface area is 157 Å². The molecule has 4 heteroatoms. The normalized spacial score (nSPS) is 25.4. The molecule has 0 aliphatic carbocycles. The zero-order valence-corrected chi connectivity index (χ0v) is 16.7. The van der Waals surface area contributed by atoms with Gasteiger partial charge in [-0.05, 0) is 95.0 Å². The number of rotatable bonds is 7. The molecule has 0 aromatic heterocycles. The Bertz CT molecular complexity index is 520. The van der Waals surface area contributed by atoms with E-state index in [9.17, 15) is 0 Å². The van der Waals surface area contributed by atoms with Gasteiger partial charge < -0.3 is 15.4 Å². The average Bonchev–Trinajstić information content (AvgIpc) is 3.12. The van der Waals surface area contributed by atoms with E-state index in [1.165, 1.54) is 55.1 Å². The highest BCUT2D eigenvalue weighted by Gasteiger charge is 2.32. The number of nitrogens with zero attached hydrogens (tertiary/aromatic N) is 1. The van der Waals surface area contributed by atoms with Crippen LogP contribution in [0.2, 0.25) is 0 Å². The van der Waals surface area contributed by atoms with E-state index in [-0.39, 0.29) is 11.6 Å². The third-order valence-corrected chi connectivity index (χ3v) is 6.77. The molecule has 2 aliphatic rings. The van der Waals surface area contributed by atoms with Gasteiger partial charge in [0, 0.05) is 17.0 Å². The Morgan fingerprint density at radius 1 is 1.20 bits per heavy atom. The van der Waals surface area contributed by atoms with Crippen molar-refractivity contribution in [3.63, 3.8) is 0 Å². The highest BCUT2D eigenvalue weighted by Crippen LogP contribution is 2.36. The minimum atomic E-state index is -0.118. The van der Waals surface area contributed by atoms with E-state index in [1.807, 2.05) is 11.8 Å². The largest absolute Gasteiger partial charge is 0.374 e. The molecule has 140 valence electrons. The van der Waals surface area contributed by atoms with Crippen molar-refractivity contribution in [1.82, 2.24) is 4.90 Å². The molecule has 3 rings (SSSR count). The molecule has 2 unspecified atom stereocenters. The lowest BCUT2D eigenvalue weighted by molar-refractivity contribution is -0.0249. The Hall–Kier alpha value is -0.550. The quantitative estimate of drug-likeness (QED) is 0.574. The fraction of sp³-hybridized carbons (Fsp3) is 0.714. The maximum Gasteiger partial charge on any atom is 0.0828 e. The molecule has 2 aliphatic heterocycles. The van der Waals surface area contributed by atoms with Gasteiger partial charge in [-0.2, -0.15) is 0 Å². The summed E-state index contributed by atoms with van der Waals surface area (Å²) in [4.78, 5) is 3.97. The summed E-state index contributed by atoms with van der Waals surface area (Å²) in [6, 6.07) is 9.02. The summed E-state index contributed by atoms with van der Waals surface area (Å²) >= 11 is 1.98. The van der Waals surface area contributed by atoms with Crippen LogP contribution in [-0.2, 0) is 4.74 Å².